The molecule has 2 amide bonds. The van der Waals surface area contributed by atoms with Crippen LogP contribution in [-0.4, -0.2) is 95.8 Å². The van der Waals surface area contributed by atoms with Gasteiger partial charge >= 0.3 is 7.75 Å². The van der Waals surface area contributed by atoms with Crippen LogP contribution in [0.25, 0.3) is 0 Å². The zero-order valence-electron chi connectivity index (χ0n) is 15.8. The Balaban J connectivity index is 3.37. The average Bonchev–Trinajstić information content (AvgIpc) is 2.62. The number of carbonyl (C=O) groups excluding carboxylic acids is 2. The van der Waals surface area contributed by atoms with E-state index in [9.17, 15) is 14.2 Å². The van der Waals surface area contributed by atoms with Gasteiger partial charge < -0.3 is 40.2 Å². The van der Waals surface area contributed by atoms with Crippen LogP contribution in [0.3, 0.4) is 0 Å². The molecular formula is C14H31N4O9P. The van der Waals surface area contributed by atoms with Gasteiger partial charge in [0.1, 0.15) is 13.2 Å². The van der Waals surface area contributed by atoms with Gasteiger partial charge in [-0.25, -0.2) is 10.1 Å². The van der Waals surface area contributed by atoms with Crippen molar-refractivity contribution in [1.82, 2.24) is 10.6 Å². The second-order valence-electron chi connectivity index (χ2n) is 5.22. The second-order valence-corrected chi connectivity index (χ2v) is 6.60. The summed E-state index contributed by atoms with van der Waals surface area (Å²) in [5.74, 6) is -0.893. The lowest BCUT2D eigenvalue weighted by molar-refractivity contribution is -0.131. The van der Waals surface area contributed by atoms with Crippen molar-refractivity contribution >= 4 is 19.6 Å². The fourth-order valence-corrected chi connectivity index (χ4v) is 1.95. The molecule has 13 nitrogen and oxygen atoms in total. The van der Waals surface area contributed by atoms with Gasteiger partial charge in [0.2, 0.25) is 11.8 Å². The Morgan fingerprint density at radius 1 is 0.786 bits per heavy atom. The minimum atomic E-state index is -4.05. The first-order chi connectivity index (χ1) is 13.3. The molecule has 0 aromatic rings. The molecule has 1 unspecified atom stereocenters. The number of nitrogens with one attached hydrogen (secondary N) is 2. The van der Waals surface area contributed by atoms with Gasteiger partial charge in [-0.3, -0.25) is 14.1 Å². The summed E-state index contributed by atoms with van der Waals surface area (Å²) < 4.78 is 35.6. The molecule has 0 radical (unpaired) electrons. The Morgan fingerprint density at radius 2 is 1.25 bits per heavy atom. The maximum atomic E-state index is 11.5. The third-order valence-electron chi connectivity index (χ3n) is 2.74. The fraction of sp³-hybridized carbons (Fsp3) is 0.857. The highest BCUT2D eigenvalue weighted by Gasteiger charge is 2.10. The van der Waals surface area contributed by atoms with Crippen LogP contribution in [-0.2, 0) is 37.6 Å². The van der Waals surface area contributed by atoms with Gasteiger partial charge in [0, 0.05) is 19.6 Å². The number of ether oxygens (including phenoxy) is 4. The van der Waals surface area contributed by atoms with Crippen molar-refractivity contribution in [2.45, 2.75) is 0 Å². The molecule has 14 heteroatoms. The zero-order valence-corrected chi connectivity index (χ0v) is 16.7. The number of carbonyl (C=O) groups is 2. The number of hydrogen-bond donors (Lipinski definition) is 5. The van der Waals surface area contributed by atoms with Crippen LogP contribution in [0, 0.1) is 0 Å². The highest BCUT2D eigenvalue weighted by molar-refractivity contribution is 7.50. The van der Waals surface area contributed by atoms with Crippen LogP contribution in [0.15, 0.2) is 0 Å². The molecule has 0 saturated carbocycles. The molecule has 0 heterocycles. The van der Waals surface area contributed by atoms with E-state index in [1.54, 1.807) is 0 Å². The lowest BCUT2D eigenvalue weighted by atomic mass is 10.5. The van der Waals surface area contributed by atoms with Gasteiger partial charge in [0.15, 0.2) is 0 Å². The van der Waals surface area contributed by atoms with Crippen LogP contribution >= 0.6 is 7.75 Å². The third kappa shape index (κ3) is 21.2. The molecule has 0 aliphatic carbocycles. The Kier molecular flexibility index (Phi) is 17.2. The fourth-order valence-electron chi connectivity index (χ4n) is 1.59. The Labute approximate surface area is 163 Å². The van der Waals surface area contributed by atoms with Gasteiger partial charge in [0.05, 0.1) is 46.2 Å². The summed E-state index contributed by atoms with van der Waals surface area (Å²) in [5, 5.41) is 4.93. The minimum Gasteiger partial charge on any atom is -0.378 e. The van der Waals surface area contributed by atoms with Crippen LogP contribution in [0.5, 0.6) is 0 Å². The molecule has 0 aromatic heterocycles. The first-order valence-electron chi connectivity index (χ1n) is 8.65. The molecular weight excluding hydrogens is 399 g/mol. The van der Waals surface area contributed by atoms with Crippen LogP contribution in [0.2, 0.25) is 0 Å². The van der Waals surface area contributed by atoms with Crippen LogP contribution in [0.1, 0.15) is 0 Å². The Morgan fingerprint density at radius 3 is 1.75 bits per heavy atom. The smallest absolute Gasteiger partial charge is 0.378 e. The van der Waals surface area contributed by atoms with E-state index in [1.165, 1.54) is 0 Å². The predicted octanol–water partition coefficient (Wildman–Crippen LogP) is -2.68. The average molecular weight is 430 g/mol. The highest BCUT2D eigenvalue weighted by Crippen LogP contribution is 2.30. The minimum absolute atomic E-state index is 0.0160. The summed E-state index contributed by atoms with van der Waals surface area (Å²) in [6.07, 6.45) is 0. The quantitative estimate of drug-likeness (QED) is 0.106. The van der Waals surface area contributed by atoms with E-state index in [4.69, 9.17) is 35.1 Å². The van der Waals surface area contributed by atoms with Crippen molar-refractivity contribution < 1.29 is 42.5 Å². The molecule has 1 atom stereocenters. The van der Waals surface area contributed by atoms with Gasteiger partial charge in [-0.2, -0.15) is 0 Å². The summed E-state index contributed by atoms with van der Waals surface area (Å²) in [7, 11) is -4.05. The van der Waals surface area contributed by atoms with E-state index < -0.39 is 19.6 Å². The molecule has 0 aromatic carbocycles. The van der Waals surface area contributed by atoms with Gasteiger partial charge in [-0.05, 0) is 0 Å². The Hall–Kier alpha value is -1.15. The summed E-state index contributed by atoms with van der Waals surface area (Å²) in [5.41, 5.74) is 10.0. The normalized spacial score (nSPS) is 13.1. The predicted molar refractivity (Wildman–Crippen MR) is 98.3 cm³/mol. The summed E-state index contributed by atoms with van der Waals surface area (Å²) in [6.45, 7) is 2.50. The molecule has 0 rings (SSSR count). The van der Waals surface area contributed by atoms with E-state index >= 15 is 0 Å². The molecule has 0 aliphatic heterocycles. The van der Waals surface area contributed by atoms with Crippen molar-refractivity contribution in [3.8, 4) is 0 Å². The third-order valence-corrected chi connectivity index (χ3v) is 3.29. The number of nitrogens with two attached hydrogens (primary N) is 2. The van der Waals surface area contributed by atoms with E-state index in [1.807, 2.05) is 0 Å². The van der Waals surface area contributed by atoms with Gasteiger partial charge in [-0.15, -0.1) is 0 Å². The zero-order chi connectivity index (χ0) is 21.1. The molecule has 0 spiro atoms. The SMILES string of the molecule is NCCOCCOCCOCCNC(=O)COCC(=O)NCCOP(N)(=O)O. The van der Waals surface area contributed by atoms with Crippen molar-refractivity contribution in [1.29, 1.82) is 0 Å². The lowest BCUT2D eigenvalue weighted by Crippen LogP contribution is -2.34. The summed E-state index contributed by atoms with van der Waals surface area (Å²) in [4.78, 5) is 31.5. The number of hydrogen-bond acceptors (Lipinski definition) is 9. The molecule has 0 saturated heterocycles. The molecule has 7 N–H and O–H groups in total. The van der Waals surface area contributed by atoms with Crippen molar-refractivity contribution in [2.75, 3.05) is 79.1 Å². The van der Waals surface area contributed by atoms with Crippen LogP contribution < -0.4 is 21.9 Å². The standard InChI is InChI=1S/C14H31N4O9P/c15-1-4-23-7-9-25-10-8-24-5-2-17-13(19)11-26-12-14(20)18-3-6-27-28(16,21)22/h1-12,15H2,(H,17,19)(H,18,20)(H3,16,21,22). The maximum absolute atomic E-state index is 11.5. The molecule has 166 valence electrons. The molecule has 0 aliphatic rings. The van der Waals surface area contributed by atoms with Crippen molar-refractivity contribution in [3.63, 3.8) is 0 Å². The number of amides is 2. The summed E-state index contributed by atoms with van der Waals surface area (Å²) in [6, 6.07) is 0. The largest absolute Gasteiger partial charge is 0.400 e. The van der Waals surface area contributed by atoms with Gasteiger partial charge in [-0.1, -0.05) is 0 Å². The van der Waals surface area contributed by atoms with E-state index in [0.29, 0.717) is 52.7 Å². The number of rotatable bonds is 19. The highest BCUT2D eigenvalue weighted by atomic mass is 31.2. The second kappa shape index (κ2) is 17.9. The van der Waals surface area contributed by atoms with Gasteiger partial charge in [0.25, 0.3) is 0 Å². The van der Waals surface area contributed by atoms with Crippen molar-refractivity contribution in [3.05, 3.63) is 0 Å². The lowest BCUT2D eigenvalue weighted by Gasteiger charge is -2.09. The van der Waals surface area contributed by atoms with E-state index in [2.05, 4.69) is 15.2 Å². The monoisotopic (exact) mass is 430 g/mol. The first kappa shape index (κ1) is 26.9. The molecule has 0 fully saturated rings. The van der Waals surface area contributed by atoms with E-state index in [0.717, 1.165) is 0 Å². The topological polar surface area (TPSA) is 194 Å². The first-order valence-corrected chi connectivity index (χ1v) is 10.3. The molecule has 0 bridgehead atoms. The molecule has 28 heavy (non-hydrogen) atoms. The van der Waals surface area contributed by atoms with E-state index in [-0.39, 0.29) is 26.4 Å². The van der Waals surface area contributed by atoms with Crippen LogP contribution in [0.4, 0.5) is 0 Å². The summed E-state index contributed by atoms with van der Waals surface area (Å²) >= 11 is 0. The maximum Gasteiger partial charge on any atom is 0.400 e. The van der Waals surface area contributed by atoms with Crippen molar-refractivity contribution in [2.24, 2.45) is 11.2 Å². The Bertz CT molecular complexity index is 464.